The van der Waals surface area contributed by atoms with E-state index < -0.39 is 35.1 Å². The molecule has 8 heteroatoms. The second-order valence-electron chi connectivity index (χ2n) is 11.4. The van der Waals surface area contributed by atoms with E-state index in [9.17, 15) is 19.5 Å². The summed E-state index contributed by atoms with van der Waals surface area (Å²) in [5.41, 5.74) is -0.670. The summed E-state index contributed by atoms with van der Waals surface area (Å²) in [6, 6.07) is 17.6. The first-order valence-electron chi connectivity index (χ1n) is 14.6. The molecule has 0 aromatic heterocycles. The van der Waals surface area contributed by atoms with Crippen LogP contribution in [0.2, 0.25) is 0 Å². The van der Waals surface area contributed by atoms with Gasteiger partial charge in [-0.25, -0.2) is 0 Å². The minimum atomic E-state index is -1.34. The predicted octanol–water partition coefficient (Wildman–Crippen LogP) is 3.32. The van der Waals surface area contributed by atoms with E-state index in [2.05, 4.69) is 0 Å². The Morgan fingerprint density at radius 1 is 0.878 bits per heavy atom. The summed E-state index contributed by atoms with van der Waals surface area (Å²) in [4.78, 5) is 48.6. The average molecular weight is 556 g/mol. The average Bonchev–Trinajstić information content (AvgIpc) is 3.30. The van der Waals surface area contributed by atoms with Gasteiger partial charge in [-0.15, -0.1) is 0 Å². The zero-order chi connectivity index (χ0) is 28.8. The number of nitrogens with zero attached hydrogens (tertiary/aromatic N) is 3. The molecule has 4 aliphatic heterocycles. The molecule has 2 aromatic rings. The second-order valence-corrected chi connectivity index (χ2v) is 11.4. The molecular formula is C33H37N3O5. The molecule has 1 unspecified atom stereocenters. The Morgan fingerprint density at radius 2 is 1.56 bits per heavy atom. The summed E-state index contributed by atoms with van der Waals surface area (Å²) in [7, 11) is 0. The number of ether oxygens (including phenoxy) is 1. The van der Waals surface area contributed by atoms with Crippen LogP contribution in [0, 0.1) is 11.8 Å². The van der Waals surface area contributed by atoms with Gasteiger partial charge in [0.2, 0.25) is 17.7 Å². The number of benzene rings is 2. The van der Waals surface area contributed by atoms with Crippen molar-refractivity contribution in [2.24, 2.45) is 11.8 Å². The van der Waals surface area contributed by atoms with Crippen LogP contribution in [0.1, 0.15) is 32.3 Å². The van der Waals surface area contributed by atoms with Crippen LogP contribution in [-0.4, -0.2) is 75.6 Å². The van der Waals surface area contributed by atoms with E-state index in [1.54, 1.807) is 9.80 Å². The summed E-state index contributed by atoms with van der Waals surface area (Å²) in [6.45, 7) is 4.65. The summed E-state index contributed by atoms with van der Waals surface area (Å²) < 4.78 is 7.03. The number of hydrogen-bond acceptors (Lipinski definition) is 5. The third-order valence-electron chi connectivity index (χ3n) is 9.32. The molecule has 0 bridgehead atoms. The van der Waals surface area contributed by atoms with Gasteiger partial charge in [-0.2, -0.15) is 0 Å². The number of aliphatic hydroxyl groups is 1. The van der Waals surface area contributed by atoms with Crippen LogP contribution in [0.15, 0.2) is 85.0 Å². The Labute approximate surface area is 240 Å². The number of hydrogen-bond donors (Lipinski definition) is 1. The molecular weight excluding hydrogens is 518 g/mol. The maximum atomic E-state index is 14.6. The van der Waals surface area contributed by atoms with Crippen molar-refractivity contribution in [2.45, 2.75) is 56.5 Å². The first kappa shape index (κ1) is 27.4. The zero-order valence-electron chi connectivity index (χ0n) is 23.6. The Hall–Kier alpha value is -3.75. The minimum absolute atomic E-state index is 0.192. The highest BCUT2D eigenvalue weighted by Gasteiger charge is 2.75. The normalized spacial score (nSPS) is 31.5. The van der Waals surface area contributed by atoms with Gasteiger partial charge in [0.05, 0.1) is 30.1 Å². The maximum absolute atomic E-state index is 14.6. The van der Waals surface area contributed by atoms with Crippen molar-refractivity contribution in [2.75, 3.05) is 24.6 Å². The van der Waals surface area contributed by atoms with Crippen LogP contribution in [0.4, 0.5) is 5.69 Å². The molecule has 2 aromatic carbocycles. The fourth-order valence-corrected chi connectivity index (χ4v) is 7.34. The van der Waals surface area contributed by atoms with E-state index in [0.717, 1.165) is 11.3 Å². The second kappa shape index (κ2) is 10.6. The Bertz CT molecular complexity index is 1370. The van der Waals surface area contributed by atoms with Crippen molar-refractivity contribution in [1.29, 1.82) is 0 Å². The van der Waals surface area contributed by atoms with Gasteiger partial charge in [-0.3, -0.25) is 14.4 Å². The molecule has 6 atom stereocenters. The molecule has 2 fully saturated rings. The predicted molar refractivity (Wildman–Crippen MR) is 155 cm³/mol. The largest absolute Gasteiger partial charge is 0.394 e. The smallest absolute Gasteiger partial charge is 0.249 e. The van der Waals surface area contributed by atoms with Crippen molar-refractivity contribution < 1.29 is 24.2 Å². The van der Waals surface area contributed by atoms with E-state index >= 15 is 0 Å². The van der Waals surface area contributed by atoms with Crippen molar-refractivity contribution in [3.63, 3.8) is 0 Å². The first-order valence-corrected chi connectivity index (χ1v) is 14.6. The molecule has 0 aliphatic carbocycles. The lowest BCUT2D eigenvalue weighted by Gasteiger charge is -2.40. The summed E-state index contributed by atoms with van der Waals surface area (Å²) in [5.74, 6) is -2.48. The van der Waals surface area contributed by atoms with Gasteiger partial charge in [0.15, 0.2) is 0 Å². The molecule has 0 radical (unpaired) electrons. The highest BCUT2D eigenvalue weighted by molar-refractivity contribution is 6.04. The van der Waals surface area contributed by atoms with Gasteiger partial charge in [0.25, 0.3) is 0 Å². The monoisotopic (exact) mass is 555 g/mol. The Balaban J connectivity index is 1.48. The number of rotatable bonds is 7. The highest BCUT2D eigenvalue weighted by Crippen LogP contribution is 2.59. The van der Waals surface area contributed by atoms with E-state index in [0.29, 0.717) is 32.5 Å². The fourth-order valence-electron chi connectivity index (χ4n) is 7.34. The molecule has 41 heavy (non-hydrogen) atoms. The van der Waals surface area contributed by atoms with Gasteiger partial charge in [-0.1, -0.05) is 86.7 Å². The number of anilines is 1. The van der Waals surface area contributed by atoms with E-state index in [1.165, 1.54) is 4.90 Å². The number of carbonyl (C=O) groups excluding carboxylic acids is 3. The van der Waals surface area contributed by atoms with E-state index in [-0.39, 0.29) is 24.3 Å². The lowest BCUT2D eigenvalue weighted by Crippen LogP contribution is -2.58. The van der Waals surface area contributed by atoms with Gasteiger partial charge in [0, 0.05) is 25.3 Å². The first-order chi connectivity index (χ1) is 19.9. The van der Waals surface area contributed by atoms with Crippen LogP contribution in [0.3, 0.4) is 0 Å². The molecule has 4 aliphatic rings. The van der Waals surface area contributed by atoms with Gasteiger partial charge < -0.3 is 24.5 Å². The molecule has 214 valence electrons. The fraction of sp³-hybridized carbons (Fsp3) is 0.424. The third-order valence-corrected chi connectivity index (χ3v) is 9.32. The Morgan fingerprint density at radius 3 is 2.22 bits per heavy atom. The quantitative estimate of drug-likeness (QED) is 0.530. The van der Waals surface area contributed by atoms with Crippen LogP contribution in [-0.2, 0) is 25.7 Å². The SMILES string of the molecule is CC[C@@H](CO)N1C(=O)[C@@H]2[C@@H]3C(=O)N(c4ccccc4)CC=C[C@]3(CC)O[C@@]23C=CCN(Cc2ccccc2)C(=O)C13. The molecule has 8 nitrogen and oxygen atoms in total. The van der Waals surface area contributed by atoms with Crippen LogP contribution >= 0.6 is 0 Å². The third kappa shape index (κ3) is 4.15. The van der Waals surface area contributed by atoms with E-state index in [1.807, 2.05) is 98.8 Å². The van der Waals surface area contributed by atoms with Crippen molar-refractivity contribution >= 4 is 23.4 Å². The van der Waals surface area contributed by atoms with Crippen LogP contribution in [0.5, 0.6) is 0 Å². The number of amides is 3. The van der Waals surface area contributed by atoms with Gasteiger partial charge in [0.1, 0.15) is 11.6 Å². The maximum Gasteiger partial charge on any atom is 0.249 e. The highest BCUT2D eigenvalue weighted by atomic mass is 16.5. The number of likely N-dealkylation sites (tertiary alicyclic amines) is 1. The lowest BCUT2D eigenvalue weighted by atomic mass is 9.73. The summed E-state index contributed by atoms with van der Waals surface area (Å²) >= 11 is 0. The van der Waals surface area contributed by atoms with E-state index in [4.69, 9.17) is 4.74 Å². The lowest BCUT2D eigenvalue weighted by molar-refractivity contribution is -0.155. The molecule has 6 rings (SSSR count). The van der Waals surface area contributed by atoms with Crippen molar-refractivity contribution in [1.82, 2.24) is 9.80 Å². The van der Waals surface area contributed by atoms with Gasteiger partial charge >= 0.3 is 0 Å². The molecule has 1 N–H and O–H groups in total. The molecule has 2 saturated heterocycles. The number of aliphatic hydroxyl groups excluding tert-OH is 1. The standard InChI is InChI=1S/C33H37N3O5/c1-3-24(22-37)36-28-31(40)34(21-23-13-7-5-8-14-23)19-12-18-33(28)27(30(36)39)26-29(38)35(25-15-9-6-10-16-25)20-11-17-32(26,4-2)41-33/h5-18,24,26-28,37H,3-4,19-22H2,1-2H3/t24-,26+,27-,28?,32-,33-/m0/s1. The zero-order valence-corrected chi connectivity index (χ0v) is 23.6. The topological polar surface area (TPSA) is 90.4 Å². The number of fused-ring (bicyclic) bond motifs is 2. The van der Waals surface area contributed by atoms with Crippen molar-refractivity contribution in [3.05, 3.63) is 90.5 Å². The number of para-hydroxylation sites is 1. The molecule has 1 spiro atoms. The van der Waals surface area contributed by atoms with Crippen molar-refractivity contribution in [3.8, 4) is 0 Å². The van der Waals surface area contributed by atoms with Crippen LogP contribution in [0.25, 0.3) is 0 Å². The summed E-state index contributed by atoms with van der Waals surface area (Å²) in [6.07, 6.45) is 8.58. The van der Waals surface area contributed by atoms with Crippen LogP contribution < -0.4 is 4.90 Å². The molecule has 0 saturated carbocycles. The molecule has 3 amide bonds. The summed E-state index contributed by atoms with van der Waals surface area (Å²) in [5, 5.41) is 10.4. The number of carbonyl (C=O) groups is 3. The van der Waals surface area contributed by atoms with Gasteiger partial charge in [-0.05, 0) is 30.5 Å². The molecule has 4 heterocycles. The Kier molecular flexibility index (Phi) is 7.08. The minimum Gasteiger partial charge on any atom is -0.394 e.